The molecule has 0 spiro atoms. The Morgan fingerprint density at radius 2 is 2.05 bits per heavy atom. The van der Waals surface area contributed by atoms with E-state index < -0.39 is 0 Å². The summed E-state index contributed by atoms with van der Waals surface area (Å²) in [5, 5.41) is 0. The number of ether oxygens (including phenoxy) is 1. The molecule has 0 aromatic carbocycles. The van der Waals surface area contributed by atoms with Gasteiger partial charge in [-0.2, -0.15) is 0 Å². The van der Waals surface area contributed by atoms with Gasteiger partial charge in [0.2, 0.25) is 0 Å². The second-order valence-corrected chi connectivity index (χ2v) is 6.22. The van der Waals surface area contributed by atoms with E-state index in [1.807, 2.05) is 19.1 Å². The lowest BCUT2D eigenvalue weighted by molar-refractivity contribution is 0.174. The second-order valence-electron chi connectivity index (χ2n) is 6.22. The molecule has 20 heavy (non-hydrogen) atoms. The lowest BCUT2D eigenvalue weighted by atomic mass is 9.93. The Labute approximate surface area is 123 Å². The number of methoxy groups -OCH3 is 1. The van der Waals surface area contributed by atoms with Crippen molar-refractivity contribution < 1.29 is 4.74 Å². The van der Waals surface area contributed by atoms with Gasteiger partial charge in [0.05, 0.1) is 12.8 Å². The Morgan fingerprint density at radius 1 is 1.35 bits per heavy atom. The van der Waals surface area contributed by atoms with Crippen molar-refractivity contribution in [2.24, 2.45) is 11.1 Å². The third-order valence-corrected chi connectivity index (χ3v) is 3.35. The van der Waals surface area contributed by atoms with Crippen LogP contribution in [0.5, 0.6) is 5.75 Å². The maximum Gasteiger partial charge on any atom is 0.122 e. The summed E-state index contributed by atoms with van der Waals surface area (Å²) >= 11 is 0. The monoisotopic (exact) mass is 279 g/mol. The number of rotatable bonds is 8. The van der Waals surface area contributed by atoms with Crippen LogP contribution in [-0.2, 0) is 6.54 Å². The third-order valence-electron chi connectivity index (χ3n) is 3.35. The molecule has 1 aromatic rings. The van der Waals surface area contributed by atoms with Crippen LogP contribution in [-0.4, -0.2) is 36.6 Å². The van der Waals surface area contributed by atoms with Gasteiger partial charge in [-0.15, -0.1) is 0 Å². The molecule has 0 aliphatic heterocycles. The van der Waals surface area contributed by atoms with Crippen LogP contribution < -0.4 is 10.5 Å². The zero-order chi connectivity index (χ0) is 15.2. The standard InChI is InChI=1S/C16H29N3O/c1-6-7-19(12-16(3,4)11-17)10-14-9-15(20-5)8-13(2)18-14/h8-9H,6-7,10-12,17H2,1-5H3. The van der Waals surface area contributed by atoms with Crippen LogP contribution >= 0.6 is 0 Å². The maximum absolute atomic E-state index is 5.85. The molecule has 1 heterocycles. The van der Waals surface area contributed by atoms with E-state index >= 15 is 0 Å². The number of aromatic nitrogens is 1. The van der Waals surface area contributed by atoms with E-state index in [0.29, 0.717) is 6.54 Å². The van der Waals surface area contributed by atoms with E-state index in [4.69, 9.17) is 10.5 Å². The fraction of sp³-hybridized carbons (Fsp3) is 0.688. The van der Waals surface area contributed by atoms with Crippen LogP contribution in [0.1, 0.15) is 38.6 Å². The van der Waals surface area contributed by atoms with E-state index in [1.54, 1.807) is 7.11 Å². The van der Waals surface area contributed by atoms with Crippen LogP contribution in [0.3, 0.4) is 0 Å². The molecule has 0 bridgehead atoms. The maximum atomic E-state index is 5.85. The molecule has 4 nitrogen and oxygen atoms in total. The van der Waals surface area contributed by atoms with Gasteiger partial charge in [-0.25, -0.2) is 0 Å². The van der Waals surface area contributed by atoms with Gasteiger partial charge in [-0.1, -0.05) is 20.8 Å². The summed E-state index contributed by atoms with van der Waals surface area (Å²) in [4.78, 5) is 7.03. The van der Waals surface area contributed by atoms with Gasteiger partial charge in [0.1, 0.15) is 5.75 Å². The minimum atomic E-state index is 0.128. The molecule has 0 saturated carbocycles. The van der Waals surface area contributed by atoms with Crippen LogP contribution in [0.25, 0.3) is 0 Å². The highest BCUT2D eigenvalue weighted by molar-refractivity contribution is 5.26. The Kier molecular flexibility index (Phi) is 6.43. The smallest absolute Gasteiger partial charge is 0.122 e. The molecule has 0 radical (unpaired) electrons. The molecular formula is C16H29N3O. The van der Waals surface area contributed by atoms with E-state index in [0.717, 1.165) is 43.2 Å². The summed E-state index contributed by atoms with van der Waals surface area (Å²) in [6.07, 6.45) is 1.13. The van der Waals surface area contributed by atoms with Gasteiger partial charge in [0.15, 0.2) is 0 Å². The van der Waals surface area contributed by atoms with Crippen molar-refractivity contribution in [1.29, 1.82) is 0 Å². The predicted molar refractivity (Wildman–Crippen MR) is 83.9 cm³/mol. The zero-order valence-electron chi connectivity index (χ0n) is 13.6. The number of hydrogen-bond acceptors (Lipinski definition) is 4. The molecule has 1 aromatic heterocycles. The van der Waals surface area contributed by atoms with E-state index in [1.165, 1.54) is 0 Å². The number of nitrogens with zero attached hydrogens (tertiary/aromatic N) is 2. The minimum absolute atomic E-state index is 0.128. The van der Waals surface area contributed by atoms with Crippen LogP contribution in [0.15, 0.2) is 12.1 Å². The van der Waals surface area contributed by atoms with E-state index in [9.17, 15) is 0 Å². The van der Waals surface area contributed by atoms with Crippen molar-refractivity contribution in [3.63, 3.8) is 0 Å². The van der Waals surface area contributed by atoms with Gasteiger partial charge >= 0.3 is 0 Å². The fourth-order valence-electron chi connectivity index (χ4n) is 2.33. The number of nitrogens with two attached hydrogens (primary N) is 1. The number of aryl methyl sites for hydroxylation is 1. The predicted octanol–water partition coefficient (Wildman–Crippen LogP) is 2.60. The van der Waals surface area contributed by atoms with Crippen molar-refractivity contribution in [3.8, 4) is 5.75 Å². The second kappa shape index (κ2) is 7.60. The molecule has 0 aliphatic carbocycles. The van der Waals surface area contributed by atoms with Crippen LogP contribution in [0.2, 0.25) is 0 Å². The normalized spacial score (nSPS) is 11.9. The summed E-state index contributed by atoms with van der Waals surface area (Å²) in [5.41, 5.74) is 8.03. The zero-order valence-corrected chi connectivity index (χ0v) is 13.6. The first kappa shape index (κ1) is 16.9. The van der Waals surface area contributed by atoms with Gasteiger partial charge in [-0.05, 0) is 31.8 Å². The van der Waals surface area contributed by atoms with Crippen molar-refractivity contribution in [3.05, 3.63) is 23.5 Å². The number of hydrogen-bond donors (Lipinski definition) is 1. The number of pyridine rings is 1. The Hall–Kier alpha value is -1.13. The molecular weight excluding hydrogens is 250 g/mol. The van der Waals surface area contributed by atoms with Crippen molar-refractivity contribution in [2.45, 2.75) is 40.7 Å². The lowest BCUT2D eigenvalue weighted by Gasteiger charge is -2.31. The Bertz CT molecular complexity index is 418. The molecule has 0 saturated heterocycles. The quantitative estimate of drug-likeness (QED) is 0.794. The first-order valence-corrected chi connectivity index (χ1v) is 7.34. The van der Waals surface area contributed by atoms with Gasteiger partial charge < -0.3 is 10.5 Å². The van der Waals surface area contributed by atoms with E-state index in [-0.39, 0.29) is 5.41 Å². The largest absolute Gasteiger partial charge is 0.497 e. The molecule has 0 unspecified atom stereocenters. The molecule has 4 heteroatoms. The minimum Gasteiger partial charge on any atom is -0.497 e. The summed E-state index contributed by atoms with van der Waals surface area (Å²) in [6.45, 7) is 12.2. The first-order chi connectivity index (χ1) is 9.40. The first-order valence-electron chi connectivity index (χ1n) is 7.34. The molecule has 1 rings (SSSR count). The SMILES string of the molecule is CCCN(Cc1cc(OC)cc(C)n1)CC(C)(C)CN. The molecule has 2 N–H and O–H groups in total. The molecule has 0 atom stereocenters. The average molecular weight is 279 g/mol. The van der Waals surface area contributed by atoms with Crippen LogP contribution in [0, 0.1) is 12.3 Å². The van der Waals surface area contributed by atoms with E-state index in [2.05, 4.69) is 30.7 Å². The molecule has 0 amide bonds. The fourth-order valence-corrected chi connectivity index (χ4v) is 2.33. The highest BCUT2D eigenvalue weighted by Crippen LogP contribution is 2.19. The molecule has 0 aliphatic rings. The van der Waals surface area contributed by atoms with Crippen molar-refractivity contribution in [2.75, 3.05) is 26.7 Å². The topological polar surface area (TPSA) is 51.4 Å². The Balaban J connectivity index is 2.82. The third kappa shape index (κ3) is 5.47. The lowest BCUT2D eigenvalue weighted by Crippen LogP contribution is -2.39. The van der Waals surface area contributed by atoms with Gasteiger partial charge in [0.25, 0.3) is 0 Å². The average Bonchev–Trinajstić information content (AvgIpc) is 2.37. The van der Waals surface area contributed by atoms with Crippen molar-refractivity contribution in [1.82, 2.24) is 9.88 Å². The Morgan fingerprint density at radius 3 is 2.60 bits per heavy atom. The summed E-state index contributed by atoms with van der Waals surface area (Å²) < 4.78 is 5.32. The summed E-state index contributed by atoms with van der Waals surface area (Å²) in [7, 11) is 1.69. The van der Waals surface area contributed by atoms with Crippen LogP contribution in [0.4, 0.5) is 0 Å². The summed E-state index contributed by atoms with van der Waals surface area (Å²) in [6, 6.07) is 3.97. The van der Waals surface area contributed by atoms with Crippen molar-refractivity contribution >= 4 is 0 Å². The highest BCUT2D eigenvalue weighted by Gasteiger charge is 2.20. The highest BCUT2D eigenvalue weighted by atomic mass is 16.5. The van der Waals surface area contributed by atoms with Gasteiger partial charge in [-0.3, -0.25) is 9.88 Å². The van der Waals surface area contributed by atoms with Gasteiger partial charge in [0, 0.05) is 30.9 Å². The summed E-state index contributed by atoms with van der Waals surface area (Å²) in [5.74, 6) is 0.877. The molecule has 114 valence electrons. The molecule has 0 fully saturated rings.